The molecule has 160 valence electrons. The molecule has 1 fully saturated rings. The lowest BCUT2D eigenvalue weighted by Crippen LogP contribution is -2.36. The number of thiophene rings is 1. The normalized spacial score (nSPS) is 14.2. The van der Waals surface area contributed by atoms with Crippen molar-refractivity contribution in [3.63, 3.8) is 0 Å². The number of aliphatic imine (C=N–C) groups is 1. The predicted molar refractivity (Wildman–Crippen MR) is 127 cm³/mol. The topological polar surface area (TPSA) is 106 Å². The van der Waals surface area contributed by atoms with E-state index in [1.54, 1.807) is 6.07 Å². The molecule has 1 heterocycles. The van der Waals surface area contributed by atoms with Gasteiger partial charge >= 0.3 is 0 Å². The lowest BCUT2D eigenvalue weighted by molar-refractivity contribution is 0.297. The van der Waals surface area contributed by atoms with E-state index in [0.29, 0.717) is 25.0 Å². The van der Waals surface area contributed by atoms with E-state index >= 15 is 0 Å². The summed E-state index contributed by atoms with van der Waals surface area (Å²) in [6.45, 7) is 4.44. The van der Waals surface area contributed by atoms with Crippen LogP contribution in [0.15, 0.2) is 45.6 Å². The van der Waals surface area contributed by atoms with E-state index in [-0.39, 0.29) is 28.2 Å². The van der Waals surface area contributed by atoms with Crippen LogP contribution in [0.4, 0.5) is 0 Å². The van der Waals surface area contributed by atoms with Crippen molar-refractivity contribution in [1.29, 1.82) is 0 Å². The third kappa shape index (κ3) is 7.76. The number of para-hydroxylation sites is 1. The van der Waals surface area contributed by atoms with Gasteiger partial charge in [0.05, 0.1) is 19.7 Å². The molecule has 0 saturated heterocycles. The van der Waals surface area contributed by atoms with Gasteiger partial charge in [-0.1, -0.05) is 18.2 Å². The Bertz CT molecular complexity index is 927. The third-order valence-electron chi connectivity index (χ3n) is 4.24. The molecule has 1 aromatic heterocycles. The predicted octanol–water partition coefficient (Wildman–Crippen LogP) is 3.06. The lowest BCUT2D eigenvalue weighted by atomic mass is 10.2. The van der Waals surface area contributed by atoms with Crippen LogP contribution >= 0.6 is 35.3 Å². The van der Waals surface area contributed by atoms with Gasteiger partial charge in [0.2, 0.25) is 10.0 Å². The second-order valence-corrected chi connectivity index (χ2v) is 9.63. The molecular weight excluding hydrogens is 523 g/mol. The molecule has 0 bridgehead atoms. The summed E-state index contributed by atoms with van der Waals surface area (Å²) in [5.74, 6) is 2.23. The summed E-state index contributed by atoms with van der Waals surface area (Å²) in [7, 11) is -3.66. The summed E-state index contributed by atoms with van der Waals surface area (Å²) >= 11 is 1.15. The second-order valence-electron chi connectivity index (χ2n) is 6.68. The Morgan fingerprint density at radius 2 is 2.00 bits per heavy atom. The fraction of sp³-hybridized carbons (Fsp3) is 0.421. The Hall–Kier alpha value is -1.37. The van der Waals surface area contributed by atoms with Gasteiger partial charge in [-0.3, -0.25) is 0 Å². The molecule has 1 aromatic carbocycles. The quantitative estimate of drug-likeness (QED) is 0.253. The number of benzene rings is 1. The summed E-state index contributed by atoms with van der Waals surface area (Å²) in [5.41, 5.74) is 1.04. The molecule has 0 unspecified atom stereocenters. The second kappa shape index (κ2) is 11.1. The number of hydrogen-bond acceptors (Lipinski definition) is 5. The average Bonchev–Trinajstić information content (AvgIpc) is 3.36. The van der Waals surface area contributed by atoms with Crippen molar-refractivity contribution in [2.75, 3.05) is 13.2 Å². The van der Waals surface area contributed by atoms with Crippen LogP contribution in [-0.2, 0) is 23.1 Å². The van der Waals surface area contributed by atoms with Crippen molar-refractivity contribution < 1.29 is 13.2 Å². The first-order chi connectivity index (χ1) is 13.5. The van der Waals surface area contributed by atoms with E-state index in [4.69, 9.17) is 9.88 Å². The first-order valence-electron chi connectivity index (χ1n) is 9.30. The molecule has 1 aliphatic carbocycles. The molecule has 1 saturated carbocycles. The fourth-order valence-electron chi connectivity index (χ4n) is 2.55. The summed E-state index contributed by atoms with van der Waals surface area (Å²) in [6.07, 6.45) is 2.51. The third-order valence-corrected chi connectivity index (χ3v) is 6.77. The summed E-state index contributed by atoms with van der Waals surface area (Å²) in [4.78, 5) is 5.50. The van der Waals surface area contributed by atoms with Crippen molar-refractivity contribution in [2.24, 2.45) is 16.0 Å². The average molecular weight is 550 g/mol. The van der Waals surface area contributed by atoms with Crippen LogP contribution in [-0.4, -0.2) is 27.5 Å². The monoisotopic (exact) mass is 550 g/mol. The van der Waals surface area contributed by atoms with Gasteiger partial charge in [-0.15, -0.1) is 35.3 Å². The maximum atomic E-state index is 11.4. The molecule has 1 aliphatic rings. The number of rotatable bonds is 9. The van der Waals surface area contributed by atoms with Crippen LogP contribution in [0.3, 0.4) is 0 Å². The molecule has 7 nitrogen and oxygen atoms in total. The number of ether oxygens (including phenoxy) is 1. The number of guanidine groups is 1. The van der Waals surface area contributed by atoms with Gasteiger partial charge in [0.1, 0.15) is 9.96 Å². The van der Waals surface area contributed by atoms with Gasteiger partial charge in [0, 0.05) is 17.0 Å². The Morgan fingerprint density at radius 3 is 2.66 bits per heavy atom. The smallest absolute Gasteiger partial charge is 0.247 e. The van der Waals surface area contributed by atoms with E-state index < -0.39 is 10.0 Å². The molecule has 0 spiro atoms. The standard InChI is InChI=1S/C19H26N4O3S2.HI/c1-2-21-19(23-12-16-9-10-18(27-16)28(20,24)25)22-11-15-5-3-4-6-17(15)26-13-14-7-8-14;/h3-6,9-10,14H,2,7-8,11-13H2,1H3,(H2,20,24,25)(H2,21,22,23);1H. The maximum absolute atomic E-state index is 11.4. The van der Waals surface area contributed by atoms with E-state index in [1.807, 2.05) is 31.2 Å². The summed E-state index contributed by atoms with van der Waals surface area (Å²) < 4.78 is 28.9. The fourth-order valence-corrected chi connectivity index (χ4v) is 4.27. The minimum absolute atomic E-state index is 0. The zero-order chi connectivity index (χ0) is 20.0. The Balaban J connectivity index is 0.00000300. The van der Waals surface area contributed by atoms with Crippen molar-refractivity contribution in [3.05, 3.63) is 46.8 Å². The van der Waals surface area contributed by atoms with Crippen LogP contribution in [0.25, 0.3) is 0 Å². The van der Waals surface area contributed by atoms with Gasteiger partial charge in [0.15, 0.2) is 5.96 Å². The number of nitrogens with two attached hydrogens (primary N) is 1. The van der Waals surface area contributed by atoms with E-state index in [0.717, 1.165) is 40.7 Å². The largest absolute Gasteiger partial charge is 0.493 e. The summed E-state index contributed by atoms with van der Waals surface area (Å²) in [6, 6.07) is 11.2. The molecule has 4 N–H and O–H groups in total. The van der Waals surface area contributed by atoms with Crippen molar-refractivity contribution in [2.45, 2.75) is 37.1 Å². The van der Waals surface area contributed by atoms with Crippen LogP contribution in [0.5, 0.6) is 5.75 Å². The van der Waals surface area contributed by atoms with Crippen LogP contribution in [0.1, 0.15) is 30.2 Å². The van der Waals surface area contributed by atoms with Gasteiger partial charge in [-0.25, -0.2) is 18.5 Å². The minimum atomic E-state index is -3.66. The van der Waals surface area contributed by atoms with Crippen LogP contribution in [0, 0.1) is 5.92 Å². The lowest BCUT2D eigenvalue weighted by Gasteiger charge is -2.12. The van der Waals surface area contributed by atoms with Gasteiger partial charge < -0.3 is 15.4 Å². The highest BCUT2D eigenvalue weighted by Gasteiger charge is 2.22. The van der Waals surface area contributed by atoms with Crippen LogP contribution in [0.2, 0.25) is 0 Å². The number of sulfonamides is 1. The van der Waals surface area contributed by atoms with Gasteiger partial charge in [0.25, 0.3) is 0 Å². The molecule has 10 heteroatoms. The Kier molecular flexibility index (Phi) is 9.18. The molecule has 3 rings (SSSR count). The van der Waals surface area contributed by atoms with Crippen molar-refractivity contribution in [1.82, 2.24) is 10.6 Å². The SMILES string of the molecule is CCNC(=NCc1ccccc1OCC1CC1)NCc1ccc(S(N)(=O)=O)s1.I. The van der Waals surface area contributed by atoms with E-state index in [2.05, 4.69) is 15.6 Å². The molecule has 2 aromatic rings. The van der Waals surface area contributed by atoms with Crippen molar-refractivity contribution in [3.8, 4) is 5.75 Å². The zero-order valence-corrected chi connectivity index (χ0v) is 20.2. The number of primary sulfonamides is 1. The highest BCUT2D eigenvalue weighted by Crippen LogP contribution is 2.30. The highest BCUT2D eigenvalue weighted by atomic mass is 127. The molecular formula is C19H27IN4O3S2. The molecule has 0 radical (unpaired) electrons. The molecule has 0 atom stereocenters. The van der Waals surface area contributed by atoms with E-state index in [1.165, 1.54) is 18.9 Å². The Labute approximate surface area is 193 Å². The number of nitrogens with one attached hydrogen (secondary N) is 2. The Morgan fingerprint density at radius 1 is 1.24 bits per heavy atom. The van der Waals surface area contributed by atoms with Gasteiger partial charge in [-0.2, -0.15) is 0 Å². The molecule has 0 aliphatic heterocycles. The van der Waals surface area contributed by atoms with Gasteiger partial charge in [-0.05, 0) is 43.9 Å². The zero-order valence-electron chi connectivity index (χ0n) is 16.3. The minimum Gasteiger partial charge on any atom is -0.493 e. The van der Waals surface area contributed by atoms with Crippen molar-refractivity contribution >= 4 is 51.3 Å². The summed E-state index contributed by atoms with van der Waals surface area (Å²) in [5, 5.41) is 11.6. The van der Waals surface area contributed by atoms with E-state index in [9.17, 15) is 8.42 Å². The number of hydrogen-bond donors (Lipinski definition) is 3. The highest BCUT2D eigenvalue weighted by molar-refractivity contribution is 14.0. The molecule has 0 amide bonds. The maximum Gasteiger partial charge on any atom is 0.247 e. The number of halogens is 1. The first-order valence-corrected chi connectivity index (χ1v) is 11.7. The first kappa shape index (κ1) is 23.9. The number of nitrogens with zero attached hydrogens (tertiary/aromatic N) is 1. The molecule has 29 heavy (non-hydrogen) atoms. The van der Waals surface area contributed by atoms with Crippen LogP contribution < -0.4 is 20.5 Å².